The third kappa shape index (κ3) is 2.68. The first-order valence-corrected chi connectivity index (χ1v) is 9.00. The van der Waals surface area contributed by atoms with Crippen LogP contribution in [0, 0.1) is 5.92 Å². The van der Waals surface area contributed by atoms with Gasteiger partial charge in [-0.2, -0.15) is 0 Å². The van der Waals surface area contributed by atoms with Gasteiger partial charge in [0.05, 0.1) is 24.7 Å². The molecule has 0 amide bonds. The SMILES string of the molecule is COc1ccccc1C(=O)C1C(O)c2ccccc2OC12CCNCC2. The van der Waals surface area contributed by atoms with Crippen LogP contribution in [0.4, 0.5) is 0 Å². The first kappa shape index (κ1) is 17.1. The molecule has 2 unspecified atom stereocenters. The van der Waals surface area contributed by atoms with E-state index in [4.69, 9.17) is 9.47 Å². The van der Waals surface area contributed by atoms with Crippen molar-refractivity contribution in [2.45, 2.75) is 24.5 Å². The van der Waals surface area contributed by atoms with Crippen molar-refractivity contribution < 1.29 is 19.4 Å². The van der Waals surface area contributed by atoms with Gasteiger partial charge in [-0.3, -0.25) is 4.79 Å². The molecule has 26 heavy (non-hydrogen) atoms. The number of aliphatic hydroxyl groups is 1. The monoisotopic (exact) mass is 353 g/mol. The van der Waals surface area contributed by atoms with Gasteiger partial charge in [0, 0.05) is 18.4 Å². The third-order valence-electron chi connectivity index (χ3n) is 5.54. The number of aliphatic hydroxyl groups excluding tert-OH is 1. The molecule has 2 aromatic rings. The number of Topliss-reactive ketones (excluding diaryl/α,β-unsaturated/α-hetero) is 1. The largest absolute Gasteiger partial charge is 0.496 e. The number of piperidine rings is 1. The fourth-order valence-electron chi connectivity index (χ4n) is 4.23. The molecule has 2 aliphatic rings. The standard InChI is InChI=1S/C21H23NO4/c1-25-16-8-4-2-6-14(16)19(23)18-20(24)15-7-3-5-9-17(15)26-21(18)10-12-22-13-11-21/h2-9,18,20,22,24H,10-13H2,1H3. The van der Waals surface area contributed by atoms with E-state index in [9.17, 15) is 9.90 Å². The van der Waals surface area contributed by atoms with Crippen LogP contribution < -0.4 is 14.8 Å². The molecule has 2 atom stereocenters. The zero-order valence-electron chi connectivity index (χ0n) is 14.8. The maximum absolute atomic E-state index is 13.5. The Morgan fingerprint density at radius 3 is 2.62 bits per heavy atom. The average molecular weight is 353 g/mol. The lowest BCUT2D eigenvalue weighted by molar-refractivity contribution is -0.0759. The van der Waals surface area contributed by atoms with Gasteiger partial charge in [-0.05, 0) is 31.3 Å². The number of nitrogens with one attached hydrogen (secondary N) is 1. The van der Waals surface area contributed by atoms with Gasteiger partial charge in [-0.25, -0.2) is 0 Å². The highest BCUT2D eigenvalue weighted by Gasteiger charge is 2.53. The van der Waals surface area contributed by atoms with E-state index in [1.165, 1.54) is 0 Å². The predicted molar refractivity (Wildman–Crippen MR) is 97.7 cm³/mol. The Labute approximate surface area is 152 Å². The highest BCUT2D eigenvalue weighted by atomic mass is 16.5. The Hall–Kier alpha value is -2.37. The Kier molecular flexibility index (Phi) is 4.42. The van der Waals surface area contributed by atoms with Crippen molar-refractivity contribution in [3.05, 3.63) is 59.7 Å². The molecule has 0 aromatic heterocycles. The number of fused-ring (bicyclic) bond motifs is 1. The Morgan fingerprint density at radius 2 is 1.85 bits per heavy atom. The molecular weight excluding hydrogens is 330 g/mol. The van der Waals surface area contributed by atoms with Gasteiger partial charge in [0.25, 0.3) is 0 Å². The van der Waals surface area contributed by atoms with Crippen molar-refractivity contribution in [1.29, 1.82) is 0 Å². The molecule has 1 fully saturated rings. The van der Waals surface area contributed by atoms with E-state index in [2.05, 4.69) is 5.32 Å². The van der Waals surface area contributed by atoms with E-state index in [1.807, 2.05) is 36.4 Å². The van der Waals surface area contributed by atoms with Crippen LogP contribution in [-0.2, 0) is 0 Å². The van der Waals surface area contributed by atoms with Crippen molar-refractivity contribution in [3.8, 4) is 11.5 Å². The summed E-state index contributed by atoms with van der Waals surface area (Å²) >= 11 is 0. The zero-order chi connectivity index (χ0) is 18.1. The van der Waals surface area contributed by atoms with Gasteiger partial charge in [-0.15, -0.1) is 0 Å². The summed E-state index contributed by atoms with van der Waals surface area (Å²) < 4.78 is 11.8. The molecule has 136 valence electrons. The summed E-state index contributed by atoms with van der Waals surface area (Å²) in [6.45, 7) is 1.51. The number of para-hydroxylation sites is 2. The van der Waals surface area contributed by atoms with E-state index < -0.39 is 17.6 Å². The van der Waals surface area contributed by atoms with Crippen LogP contribution >= 0.6 is 0 Å². The highest BCUT2D eigenvalue weighted by Crippen LogP contribution is 2.49. The minimum Gasteiger partial charge on any atom is -0.496 e. The van der Waals surface area contributed by atoms with Gasteiger partial charge >= 0.3 is 0 Å². The summed E-state index contributed by atoms with van der Waals surface area (Å²) in [5.74, 6) is 0.390. The summed E-state index contributed by atoms with van der Waals surface area (Å²) in [4.78, 5) is 13.5. The quantitative estimate of drug-likeness (QED) is 0.831. The molecule has 1 saturated heterocycles. The fourth-order valence-corrected chi connectivity index (χ4v) is 4.23. The summed E-state index contributed by atoms with van der Waals surface area (Å²) in [5.41, 5.74) is 0.446. The lowest BCUT2D eigenvalue weighted by Crippen LogP contribution is -2.57. The smallest absolute Gasteiger partial charge is 0.176 e. The number of carbonyl (C=O) groups excluding carboxylic acids is 1. The molecule has 1 spiro atoms. The molecule has 0 radical (unpaired) electrons. The number of hydrogen-bond acceptors (Lipinski definition) is 5. The van der Waals surface area contributed by atoms with Crippen LogP contribution in [0.15, 0.2) is 48.5 Å². The van der Waals surface area contributed by atoms with Gasteiger partial charge in [0.2, 0.25) is 0 Å². The second-order valence-corrected chi connectivity index (χ2v) is 6.94. The normalized spacial score (nSPS) is 23.8. The molecule has 5 heteroatoms. The van der Waals surface area contributed by atoms with Gasteiger partial charge in [0.15, 0.2) is 5.78 Å². The maximum atomic E-state index is 13.5. The number of methoxy groups -OCH3 is 1. The minimum absolute atomic E-state index is 0.133. The van der Waals surface area contributed by atoms with E-state index >= 15 is 0 Å². The number of carbonyl (C=O) groups is 1. The number of ketones is 1. The molecule has 5 nitrogen and oxygen atoms in total. The van der Waals surface area contributed by atoms with Gasteiger partial charge in [0.1, 0.15) is 17.1 Å². The number of benzene rings is 2. The van der Waals surface area contributed by atoms with Crippen molar-refractivity contribution >= 4 is 5.78 Å². The summed E-state index contributed by atoms with van der Waals surface area (Å²) in [7, 11) is 1.55. The first-order chi connectivity index (χ1) is 12.7. The van der Waals surface area contributed by atoms with Crippen LogP contribution in [0.2, 0.25) is 0 Å². The van der Waals surface area contributed by atoms with Crippen LogP contribution in [0.3, 0.4) is 0 Å². The minimum atomic E-state index is -0.907. The van der Waals surface area contributed by atoms with Crippen LogP contribution in [-0.4, -0.2) is 36.7 Å². The summed E-state index contributed by atoms with van der Waals surface area (Å²) in [6, 6.07) is 14.6. The molecular formula is C21H23NO4. The molecule has 0 bridgehead atoms. The molecule has 4 rings (SSSR count). The van der Waals surface area contributed by atoms with Crippen molar-refractivity contribution in [3.63, 3.8) is 0 Å². The number of ether oxygens (including phenoxy) is 2. The molecule has 2 aliphatic heterocycles. The van der Waals surface area contributed by atoms with Gasteiger partial charge < -0.3 is 19.9 Å². The van der Waals surface area contributed by atoms with E-state index in [0.717, 1.165) is 13.1 Å². The number of rotatable bonds is 3. The Balaban J connectivity index is 1.82. The lowest BCUT2D eigenvalue weighted by Gasteiger charge is -2.48. The second kappa shape index (κ2) is 6.74. The molecule has 0 saturated carbocycles. The number of hydrogen-bond donors (Lipinski definition) is 2. The maximum Gasteiger partial charge on any atom is 0.176 e. The van der Waals surface area contributed by atoms with Crippen molar-refractivity contribution in [2.75, 3.05) is 20.2 Å². The third-order valence-corrected chi connectivity index (χ3v) is 5.54. The van der Waals surface area contributed by atoms with Crippen LogP contribution in [0.1, 0.15) is 34.9 Å². The zero-order valence-corrected chi connectivity index (χ0v) is 14.8. The van der Waals surface area contributed by atoms with E-state index in [1.54, 1.807) is 19.2 Å². The van der Waals surface area contributed by atoms with E-state index in [-0.39, 0.29) is 5.78 Å². The topological polar surface area (TPSA) is 67.8 Å². The Bertz CT molecular complexity index is 813. The van der Waals surface area contributed by atoms with Crippen LogP contribution in [0.25, 0.3) is 0 Å². The lowest BCUT2D eigenvalue weighted by atomic mass is 9.70. The van der Waals surface area contributed by atoms with Crippen molar-refractivity contribution in [2.24, 2.45) is 5.92 Å². The molecule has 0 aliphatic carbocycles. The summed E-state index contributed by atoms with van der Waals surface area (Å²) in [5, 5.41) is 14.5. The Morgan fingerprint density at radius 1 is 1.15 bits per heavy atom. The summed E-state index contributed by atoms with van der Waals surface area (Å²) in [6.07, 6.45) is 0.434. The molecule has 2 N–H and O–H groups in total. The molecule has 2 heterocycles. The predicted octanol–water partition coefficient (Wildman–Crippen LogP) is 2.74. The van der Waals surface area contributed by atoms with E-state index in [0.29, 0.717) is 35.5 Å². The van der Waals surface area contributed by atoms with Crippen molar-refractivity contribution in [1.82, 2.24) is 5.32 Å². The fraction of sp³-hybridized carbons (Fsp3) is 0.381. The first-order valence-electron chi connectivity index (χ1n) is 9.00. The van der Waals surface area contributed by atoms with Gasteiger partial charge in [-0.1, -0.05) is 30.3 Å². The van der Waals surface area contributed by atoms with Crippen LogP contribution in [0.5, 0.6) is 11.5 Å². The second-order valence-electron chi connectivity index (χ2n) is 6.94. The highest BCUT2D eigenvalue weighted by molar-refractivity contribution is 6.01. The molecule has 2 aromatic carbocycles. The average Bonchev–Trinajstić information content (AvgIpc) is 2.68.